The maximum absolute atomic E-state index is 8.33. The number of carboxylic acid groups (broad SMARTS) is 2. The topological polar surface area (TPSA) is 91.4 Å². The molecule has 0 radical (unpaired) electrons. The van der Waals surface area contributed by atoms with Gasteiger partial charge in [0.1, 0.15) is 0 Å². The van der Waals surface area contributed by atoms with Gasteiger partial charge in [0.05, 0.1) is 66.5 Å². The molecular formula is C53H84N2Ni2O3P4+4. The molecule has 0 bridgehead atoms. The van der Waals surface area contributed by atoms with Gasteiger partial charge >= 0.3 is 33.0 Å². The van der Waals surface area contributed by atoms with E-state index in [-0.39, 0.29) is 33.0 Å². The van der Waals surface area contributed by atoms with Crippen molar-refractivity contribution in [1.82, 2.24) is 0 Å². The first-order chi connectivity index (χ1) is 28.8. The Hall–Kier alpha value is -1.54. The monoisotopic (exact) mass is 1040 g/mol. The van der Waals surface area contributed by atoms with Gasteiger partial charge in [-0.25, -0.2) is 0 Å². The summed E-state index contributed by atoms with van der Waals surface area (Å²) in [7, 11) is -2.74. The maximum Gasteiger partial charge on any atom is 2.00 e. The van der Waals surface area contributed by atoms with Crippen LogP contribution in [0.5, 0.6) is 0 Å². The Morgan fingerprint density at radius 1 is 0.359 bits per heavy atom. The Morgan fingerprint density at radius 2 is 0.500 bits per heavy atom. The molecule has 0 amide bonds. The van der Waals surface area contributed by atoms with E-state index in [1.54, 1.807) is 0 Å². The van der Waals surface area contributed by atoms with E-state index in [1.165, 1.54) is 66.2 Å². The summed E-state index contributed by atoms with van der Waals surface area (Å²) in [5.74, 6) is 0. The van der Waals surface area contributed by atoms with Crippen molar-refractivity contribution in [3.63, 3.8) is 0 Å². The molecule has 0 N–H and O–H groups in total. The van der Waals surface area contributed by atoms with E-state index in [0.29, 0.717) is 45.3 Å². The molecule has 0 aliphatic rings. The normalized spacial score (nSPS) is 11.5. The smallest absolute Gasteiger partial charge is 0.652 e. The van der Waals surface area contributed by atoms with Gasteiger partial charge in [0, 0.05) is 31.7 Å². The molecule has 64 heavy (non-hydrogen) atoms. The minimum atomic E-state index is -2.33. The van der Waals surface area contributed by atoms with Crippen molar-refractivity contribution in [2.45, 2.75) is 184 Å². The first-order valence-corrected chi connectivity index (χ1v) is 29.6. The van der Waals surface area contributed by atoms with Crippen LogP contribution in [0.25, 0.3) is 10.6 Å². The number of hydrogen-bond donors (Lipinski definition) is 0. The van der Waals surface area contributed by atoms with E-state index in [9.17, 15) is 0 Å². The maximum atomic E-state index is 8.33. The summed E-state index contributed by atoms with van der Waals surface area (Å²) in [4.78, 5) is 8.33. The number of carbonyl (C=O) groups is 1. The summed E-state index contributed by atoms with van der Waals surface area (Å²) in [5, 5.41) is 33.4. The van der Waals surface area contributed by atoms with Crippen molar-refractivity contribution in [3.05, 3.63) is 106 Å². The average molecular weight is 1040 g/mol. The van der Waals surface area contributed by atoms with E-state index >= 15 is 0 Å². The molecule has 0 heterocycles. The Bertz CT molecular complexity index is 1710. The van der Waals surface area contributed by atoms with Crippen LogP contribution >= 0.6 is 31.7 Å². The van der Waals surface area contributed by atoms with Gasteiger partial charge in [-0.3, -0.25) is 0 Å². The summed E-state index contributed by atoms with van der Waals surface area (Å²) < 4.78 is 0. The molecule has 4 rings (SSSR count). The molecule has 0 aliphatic carbocycles. The second-order valence-electron chi connectivity index (χ2n) is 19.6. The number of benzene rings is 4. The summed E-state index contributed by atoms with van der Waals surface area (Å²) >= 11 is 0. The number of carbonyl (C=O) groups excluding carboxylic acids is 1. The molecular weight excluding hydrogens is 954 g/mol. The molecule has 360 valence electrons. The third-order valence-corrected chi connectivity index (χ3v) is 25.4. The standard InChI is InChI=1S/2C26H40NP2.CH2O3.2Ni/c2*1-17(2)28(18(3)4)25-15-21(9)11-13-23(25)27-24-14-12-22(10)16-26(24)29(19(5)6)20(7)8;2-1(3)4;;/h2*11-20H,1-10H3;(H2,2,3,4);;/q2*-1;;2*+2/p+2. The van der Waals surface area contributed by atoms with Gasteiger partial charge in [-0.1, -0.05) is 71.3 Å². The Kier molecular flexibility index (Phi) is 28.7. The van der Waals surface area contributed by atoms with Crippen molar-refractivity contribution in [2.24, 2.45) is 0 Å². The van der Waals surface area contributed by atoms with Crippen molar-refractivity contribution < 1.29 is 48.0 Å². The fourth-order valence-electron chi connectivity index (χ4n) is 9.33. The Balaban J connectivity index is 0.00000111. The van der Waals surface area contributed by atoms with Crippen molar-refractivity contribution in [1.29, 1.82) is 0 Å². The van der Waals surface area contributed by atoms with E-state index in [2.05, 4.69) is 211 Å². The van der Waals surface area contributed by atoms with E-state index in [4.69, 9.17) is 25.6 Å². The van der Waals surface area contributed by atoms with Crippen molar-refractivity contribution >= 4 is 81.8 Å². The van der Waals surface area contributed by atoms with Crippen LogP contribution in [-0.2, 0) is 33.0 Å². The van der Waals surface area contributed by atoms with Gasteiger partial charge in [-0.15, -0.1) is 0 Å². The zero-order valence-corrected chi connectivity index (χ0v) is 48.8. The van der Waals surface area contributed by atoms with E-state index in [1.807, 2.05) is 0 Å². The minimum Gasteiger partial charge on any atom is -0.652 e. The summed E-state index contributed by atoms with van der Waals surface area (Å²) in [5.41, 5.74) is 15.7. The SMILES string of the molecule is Cc1ccc([N-]c2ccc(C)cc2[PH+](C(C)C)C(C)C)c([PH+](C(C)C)C(C)C)c1.Cc1ccc([N-]c2ccc(C)cc2[PH+](C(C)C)C(C)C)c([PH+](C(C)C)C(C)C)c1.O=C([O-])[O-].[Ni+2].[Ni+2]. The third-order valence-electron chi connectivity index (χ3n) is 11.3. The van der Waals surface area contributed by atoms with Crippen LogP contribution in [0.2, 0.25) is 0 Å². The van der Waals surface area contributed by atoms with E-state index < -0.39 is 37.8 Å². The molecule has 11 heteroatoms. The van der Waals surface area contributed by atoms with Crippen LogP contribution in [0.4, 0.5) is 27.5 Å². The zero-order valence-electron chi connectivity index (χ0n) is 42.8. The summed E-state index contributed by atoms with van der Waals surface area (Å²) in [6, 6.07) is 27.6. The van der Waals surface area contributed by atoms with Crippen molar-refractivity contribution in [2.75, 3.05) is 0 Å². The van der Waals surface area contributed by atoms with Gasteiger partial charge in [-0.05, 0) is 191 Å². The largest absolute Gasteiger partial charge is 2.00 e. The predicted molar refractivity (Wildman–Crippen MR) is 288 cm³/mol. The molecule has 0 aromatic heterocycles. The van der Waals surface area contributed by atoms with Crippen LogP contribution in [0.3, 0.4) is 0 Å². The van der Waals surface area contributed by atoms with Crippen LogP contribution in [0.1, 0.15) is 133 Å². The van der Waals surface area contributed by atoms with Gasteiger partial charge in [0.25, 0.3) is 0 Å². The first-order valence-electron chi connectivity index (χ1n) is 23.0. The van der Waals surface area contributed by atoms with Crippen LogP contribution < -0.4 is 31.4 Å². The quantitative estimate of drug-likeness (QED) is 0.0827. The predicted octanol–water partition coefficient (Wildman–Crippen LogP) is 13.5. The van der Waals surface area contributed by atoms with Crippen LogP contribution in [0, 0.1) is 27.7 Å². The summed E-state index contributed by atoms with van der Waals surface area (Å²) in [6.45, 7) is 47.0. The van der Waals surface area contributed by atoms with Crippen molar-refractivity contribution in [3.8, 4) is 0 Å². The molecule has 4 aromatic rings. The Labute approximate surface area is 416 Å². The summed E-state index contributed by atoms with van der Waals surface area (Å²) in [6.07, 6.45) is -2.33. The minimum absolute atomic E-state index is 0. The molecule has 5 nitrogen and oxygen atoms in total. The molecule has 0 fully saturated rings. The fraction of sp³-hybridized carbons (Fsp3) is 0.528. The number of hydrogen-bond acceptors (Lipinski definition) is 3. The molecule has 0 atom stereocenters. The molecule has 0 aliphatic heterocycles. The molecule has 0 unspecified atom stereocenters. The van der Waals surface area contributed by atoms with Gasteiger partial charge in [-0.2, -0.15) is 0 Å². The number of aryl methyl sites for hydroxylation is 4. The molecule has 0 saturated carbocycles. The van der Waals surface area contributed by atoms with Gasteiger partial charge in [0.2, 0.25) is 0 Å². The van der Waals surface area contributed by atoms with Crippen LogP contribution in [0.15, 0.2) is 72.8 Å². The molecule has 4 aromatic carbocycles. The van der Waals surface area contributed by atoms with Gasteiger partial charge < -0.3 is 25.6 Å². The second-order valence-corrected chi connectivity index (χ2v) is 34.7. The molecule has 0 saturated heterocycles. The number of nitrogens with zero attached hydrogens (tertiary/aromatic N) is 2. The fourth-order valence-corrected chi connectivity index (χ4v) is 23.0. The third kappa shape index (κ3) is 18.9. The van der Waals surface area contributed by atoms with Gasteiger partial charge in [0.15, 0.2) is 0 Å². The number of rotatable bonds is 16. The Morgan fingerprint density at radius 3 is 0.625 bits per heavy atom. The second kappa shape index (κ2) is 29.4. The zero-order chi connectivity index (χ0) is 47.3. The van der Waals surface area contributed by atoms with Crippen LogP contribution in [-0.4, -0.2) is 51.4 Å². The average Bonchev–Trinajstić information content (AvgIpc) is 3.11. The first kappa shape index (κ1) is 62.5. The van der Waals surface area contributed by atoms with E-state index in [0.717, 1.165) is 0 Å². The molecule has 0 spiro atoms.